The van der Waals surface area contributed by atoms with Crippen LogP contribution >= 0.6 is 15.9 Å². The Labute approximate surface area is 162 Å². The van der Waals surface area contributed by atoms with Gasteiger partial charge in [0.05, 0.1) is 10.5 Å². The molecule has 27 heavy (non-hydrogen) atoms. The Balaban J connectivity index is 2.00. The molecule has 0 atom stereocenters. The lowest BCUT2D eigenvalue weighted by Gasteiger charge is -2.10. The summed E-state index contributed by atoms with van der Waals surface area (Å²) in [5, 5.41) is 10.6. The van der Waals surface area contributed by atoms with E-state index in [9.17, 15) is 19.7 Å². The molecule has 2 N–H and O–H groups in total. The van der Waals surface area contributed by atoms with Crippen LogP contribution in [0.15, 0.2) is 64.3 Å². The highest BCUT2D eigenvalue weighted by atomic mass is 79.9. The van der Waals surface area contributed by atoms with Gasteiger partial charge in [0.25, 0.3) is 5.69 Å². The zero-order chi connectivity index (χ0) is 20.0. The first-order valence-electron chi connectivity index (χ1n) is 7.62. The van der Waals surface area contributed by atoms with Crippen molar-refractivity contribution in [2.24, 2.45) is 5.73 Å². The molecule has 0 spiro atoms. The minimum absolute atomic E-state index is 0.0693. The Morgan fingerprint density at radius 3 is 2.22 bits per heavy atom. The molecule has 8 nitrogen and oxygen atoms in total. The Morgan fingerprint density at radius 1 is 1.11 bits per heavy atom. The van der Waals surface area contributed by atoms with E-state index in [1.54, 1.807) is 24.3 Å². The van der Waals surface area contributed by atoms with Gasteiger partial charge in [-0.1, -0.05) is 15.9 Å². The first-order chi connectivity index (χ1) is 12.8. The normalized spacial score (nSPS) is 11.3. The van der Waals surface area contributed by atoms with E-state index in [1.807, 2.05) is 0 Å². The molecule has 0 amide bonds. The van der Waals surface area contributed by atoms with Gasteiger partial charge in [0, 0.05) is 27.9 Å². The number of non-ortho nitro benzene ring substituents is 1. The summed E-state index contributed by atoms with van der Waals surface area (Å²) in [6, 6.07) is 11.6. The zero-order valence-corrected chi connectivity index (χ0v) is 15.8. The zero-order valence-electron chi connectivity index (χ0n) is 14.2. The van der Waals surface area contributed by atoms with Crippen molar-refractivity contribution in [3.8, 4) is 5.75 Å². The average molecular weight is 435 g/mol. The van der Waals surface area contributed by atoms with Crippen molar-refractivity contribution in [3.63, 3.8) is 0 Å². The van der Waals surface area contributed by atoms with E-state index < -0.39 is 11.1 Å². The number of nitro benzene ring substituents is 1. The second-order valence-corrected chi connectivity index (χ2v) is 6.31. The van der Waals surface area contributed by atoms with Gasteiger partial charge in [-0.15, -0.1) is 0 Å². The van der Waals surface area contributed by atoms with Crippen LogP contribution in [0.3, 0.4) is 0 Å². The fourth-order valence-corrected chi connectivity index (χ4v) is 2.29. The minimum atomic E-state index is -1.06. The number of nitrogens with two attached hydrogens (primary N) is 1. The van der Waals surface area contributed by atoms with E-state index in [4.69, 9.17) is 15.2 Å². The number of nitrogens with zero attached hydrogens (tertiary/aromatic N) is 1. The summed E-state index contributed by atoms with van der Waals surface area (Å²) in [5.41, 5.74) is 6.33. The van der Waals surface area contributed by atoms with Crippen molar-refractivity contribution < 1.29 is 24.0 Å². The Bertz CT molecular complexity index is 887. The van der Waals surface area contributed by atoms with Gasteiger partial charge >= 0.3 is 6.16 Å². The summed E-state index contributed by atoms with van der Waals surface area (Å²) in [6.45, 7) is 1.15. The average Bonchev–Trinajstić information content (AvgIpc) is 2.62. The minimum Gasteiger partial charge on any atom is -0.429 e. The van der Waals surface area contributed by atoms with Crippen LogP contribution in [0.25, 0.3) is 0 Å². The topological polar surface area (TPSA) is 122 Å². The molecule has 0 aliphatic heterocycles. The predicted molar refractivity (Wildman–Crippen MR) is 100 cm³/mol. The van der Waals surface area contributed by atoms with E-state index in [2.05, 4.69) is 15.9 Å². The summed E-state index contributed by atoms with van der Waals surface area (Å²) in [6.07, 6.45) is -1.06. The number of hydrogen-bond acceptors (Lipinski definition) is 7. The molecule has 0 radical (unpaired) electrons. The molecule has 2 aromatic rings. The smallest absolute Gasteiger partial charge is 0.429 e. The third-order valence-corrected chi connectivity index (χ3v) is 3.97. The third kappa shape index (κ3) is 5.65. The number of allylic oxidation sites excluding steroid dienone is 1. The summed E-state index contributed by atoms with van der Waals surface area (Å²) >= 11 is 3.28. The molecule has 0 heterocycles. The van der Waals surface area contributed by atoms with Crippen LogP contribution in [0, 0.1) is 10.1 Å². The monoisotopic (exact) mass is 434 g/mol. The van der Waals surface area contributed by atoms with Crippen molar-refractivity contribution in [2.45, 2.75) is 6.92 Å². The van der Waals surface area contributed by atoms with Gasteiger partial charge < -0.3 is 15.2 Å². The number of ketones is 1. The first kappa shape index (κ1) is 20.1. The molecule has 140 valence electrons. The molecule has 0 saturated heterocycles. The number of benzene rings is 2. The molecule has 0 unspecified atom stereocenters. The molecular formula is C18H15BrN2O6. The highest BCUT2D eigenvalue weighted by Gasteiger charge is 2.18. The summed E-state index contributed by atoms with van der Waals surface area (Å²) in [7, 11) is 0. The summed E-state index contributed by atoms with van der Waals surface area (Å²) < 4.78 is 10.7. The Kier molecular flexibility index (Phi) is 6.67. The Morgan fingerprint density at radius 2 is 1.70 bits per heavy atom. The lowest BCUT2D eigenvalue weighted by molar-refractivity contribution is -0.384. The number of rotatable bonds is 6. The number of carbonyl (C=O) groups is 2. The molecular weight excluding hydrogens is 420 g/mol. The van der Waals surface area contributed by atoms with Crippen LogP contribution < -0.4 is 10.5 Å². The summed E-state index contributed by atoms with van der Waals surface area (Å²) in [4.78, 5) is 34.3. The molecule has 9 heteroatoms. The molecule has 2 aromatic carbocycles. The second kappa shape index (κ2) is 8.95. The Hall–Kier alpha value is -3.20. The van der Waals surface area contributed by atoms with Gasteiger partial charge in [-0.05, 0) is 43.3 Å². The maximum Gasteiger partial charge on any atom is 0.514 e. The van der Waals surface area contributed by atoms with Crippen LogP contribution in [-0.4, -0.2) is 23.5 Å². The van der Waals surface area contributed by atoms with Crippen molar-refractivity contribution >= 4 is 33.6 Å². The van der Waals surface area contributed by atoms with Crippen LogP contribution in [-0.2, 0) is 4.74 Å². The van der Waals surface area contributed by atoms with E-state index in [1.165, 1.54) is 31.2 Å². The number of carbonyl (C=O) groups excluding carboxylic acids is 2. The number of Topliss-reactive ketones (excluding diaryl/α,β-unsaturated/α-hetero) is 1. The number of ether oxygens (including phenoxy) is 2. The molecule has 0 bridgehead atoms. The largest absolute Gasteiger partial charge is 0.514 e. The molecule has 2 rings (SSSR count). The number of hydrogen-bond donors (Lipinski definition) is 1. The standard InChI is InChI=1S/C18H15BrN2O6/c1-11(20)16(17(22)12-2-4-13(19)5-3-12)10-26-18(23)27-15-8-6-14(7-9-15)21(24)25/h2-9H,10,20H2,1H3/b16-11-. The van der Waals surface area contributed by atoms with Gasteiger partial charge in [0.2, 0.25) is 0 Å². The molecule has 0 saturated carbocycles. The van der Waals surface area contributed by atoms with Crippen molar-refractivity contribution in [1.82, 2.24) is 0 Å². The molecule has 0 fully saturated rings. The maximum absolute atomic E-state index is 12.5. The van der Waals surface area contributed by atoms with E-state index in [0.717, 1.165) is 4.47 Å². The van der Waals surface area contributed by atoms with Gasteiger partial charge in [-0.3, -0.25) is 14.9 Å². The highest BCUT2D eigenvalue weighted by molar-refractivity contribution is 9.10. The third-order valence-electron chi connectivity index (χ3n) is 3.44. The SMILES string of the molecule is C/C(N)=C(\COC(=O)Oc1ccc([N+](=O)[O-])cc1)C(=O)c1ccc(Br)cc1. The van der Waals surface area contributed by atoms with Crippen LogP contribution in [0.1, 0.15) is 17.3 Å². The van der Waals surface area contributed by atoms with Gasteiger partial charge in [-0.25, -0.2) is 4.79 Å². The van der Waals surface area contributed by atoms with Crippen molar-refractivity contribution in [1.29, 1.82) is 0 Å². The fraction of sp³-hybridized carbons (Fsp3) is 0.111. The first-order valence-corrected chi connectivity index (χ1v) is 8.41. The maximum atomic E-state index is 12.5. The van der Waals surface area contributed by atoms with E-state index in [-0.39, 0.29) is 35.1 Å². The van der Waals surface area contributed by atoms with Crippen molar-refractivity contribution in [2.75, 3.05) is 6.61 Å². The molecule has 0 aliphatic carbocycles. The summed E-state index contributed by atoms with van der Waals surface area (Å²) in [5.74, 6) is -0.300. The van der Waals surface area contributed by atoms with Gasteiger partial charge in [0.1, 0.15) is 12.4 Å². The number of halogens is 1. The van der Waals surface area contributed by atoms with Crippen LogP contribution in [0.5, 0.6) is 5.75 Å². The molecule has 0 aliphatic rings. The second-order valence-electron chi connectivity index (χ2n) is 5.39. The van der Waals surface area contributed by atoms with Crippen LogP contribution in [0.4, 0.5) is 10.5 Å². The van der Waals surface area contributed by atoms with E-state index >= 15 is 0 Å². The van der Waals surface area contributed by atoms with E-state index in [0.29, 0.717) is 5.56 Å². The lowest BCUT2D eigenvalue weighted by atomic mass is 10.0. The molecule has 0 aromatic heterocycles. The van der Waals surface area contributed by atoms with Gasteiger partial charge in [0.15, 0.2) is 5.78 Å². The predicted octanol–water partition coefficient (Wildman–Crippen LogP) is 3.99. The van der Waals surface area contributed by atoms with Crippen molar-refractivity contribution in [3.05, 3.63) is 80.0 Å². The van der Waals surface area contributed by atoms with Gasteiger partial charge in [-0.2, -0.15) is 0 Å². The number of nitro groups is 1. The fourth-order valence-electron chi connectivity index (χ4n) is 2.03. The quantitative estimate of drug-likeness (QED) is 0.182. The van der Waals surface area contributed by atoms with Crippen LogP contribution in [0.2, 0.25) is 0 Å². The lowest BCUT2D eigenvalue weighted by Crippen LogP contribution is -2.19. The highest BCUT2D eigenvalue weighted by Crippen LogP contribution is 2.19.